The van der Waals surface area contributed by atoms with E-state index in [4.69, 9.17) is 4.74 Å². The van der Waals surface area contributed by atoms with Crippen LogP contribution in [0.5, 0.6) is 0 Å². The minimum absolute atomic E-state index is 0.0854. The standard InChI is InChI=1S/C19H21N3O3/c1-25-19(24)16-12-13-6-2-5-9-15(13)21(16)17-10-11-18(23)22(20-17)14-7-3-4-8-14/h2,5-6,9-11,14,16H,3-4,7-8,12H2,1H3/t16-/m0/s1. The topological polar surface area (TPSA) is 64.4 Å². The highest BCUT2D eigenvalue weighted by Gasteiger charge is 2.37. The van der Waals surface area contributed by atoms with E-state index in [-0.39, 0.29) is 17.6 Å². The van der Waals surface area contributed by atoms with Gasteiger partial charge in [-0.2, -0.15) is 5.10 Å². The van der Waals surface area contributed by atoms with Crippen molar-refractivity contribution in [3.8, 4) is 0 Å². The largest absolute Gasteiger partial charge is 0.467 e. The Morgan fingerprint density at radius 2 is 1.92 bits per heavy atom. The summed E-state index contributed by atoms with van der Waals surface area (Å²) in [5.41, 5.74) is 1.94. The van der Waals surface area contributed by atoms with Crippen LogP contribution in [-0.2, 0) is 16.0 Å². The molecule has 1 aliphatic heterocycles. The van der Waals surface area contributed by atoms with Gasteiger partial charge in [-0.1, -0.05) is 31.0 Å². The van der Waals surface area contributed by atoms with E-state index in [1.165, 1.54) is 7.11 Å². The number of fused-ring (bicyclic) bond motifs is 1. The van der Waals surface area contributed by atoms with Crippen LogP contribution >= 0.6 is 0 Å². The van der Waals surface area contributed by atoms with Gasteiger partial charge in [-0.3, -0.25) is 4.79 Å². The lowest BCUT2D eigenvalue weighted by molar-refractivity contribution is -0.141. The van der Waals surface area contributed by atoms with Crippen molar-refractivity contribution in [2.45, 2.75) is 44.2 Å². The van der Waals surface area contributed by atoms with Crippen LogP contribution in [0, 0.1) is 0 Å². The molecule has 4 rings (SSSR count). The summed E-state index contributed by atoms with van der Waals surface area (Å²) in [7, 11) is 1.40. The van der Waals surface area contributed by atoms with Crippen LogP contribution in [0.2, 0.25) is 0 Å². The summed E-state index contributed by atoms with van der Waals surface area (Å²) in [6.07, 6.45) is 4.79. The number of carbonyl (C=O) groups excluding carboxylic acids is 1. The molecular weight excluding hydrogens is 318 g/mol. The molecule has 25 heavy (non-hydrogen) atoms. The van der Waals surface area contributed by atoms with Gasteiger partial charge >= 0.3 is 5.97 Å². The molecular formula is C19H21N3O3. The first kappa shape index (κ1) is 15.9. The molecule has 1 atom stereocenters. The number of benzene rings is 1. The van der Waals surface area contributed by atoms with E-state index in [0.29, 0.717) is 12.2 Å². The summed E-state index contributed by atoms with van der Waals surface area (Å²) in [6, 6.07) is 10.8. The minimum atomic E-state index is -0.454. The molecule has 2 aromatic rings. The molecule has 1 aromatic heterocycles. The lowest BCUT2D eigenvalue weighted by atomic mass is 10.1. The average molecular weight is 339 g/mol. The third kappa shape index (κ3) is 2.71. The fraction of sp³-hybridized carbons (Fsp3) is 0.421. The number of aromatic nitrogens is 2. The Balaban J connectivity index is 1.79. The van der Waals surface area contributed by atoms with Crippen LogP contribution in [0.15, 0.2) is 41.2 Å². The Morgan fingerprint density at radius 1 is 1.16 bits per heavy atom. The van der Waals surface area contributed by atoms with Gasteiger partial charge in [-0.15, -0.1) is 0 Å². The van der Waals surface area contributed by atoms with E-state index in [2.05, 4.69) is 5.10 Å². The highest BCUT2D eigenvalue weighted by Crippen LogP contribution is 2.38. The first-order valence-corrected chi connectivity index (χ1v) is 8.74. The minimum Gasteiger partial charge on any atom is -0.467 e. The van der Waals surface area contributed by atoms with Crippen molar-refractivity contribution in [3.63, 3.8) is 0 Å². The molecule has 6 nitrogen and oxygen atoms in total. The number of para-hydroxylation sites is 1. The second-order valence-electron chi connectivity index (χ2n) is 6.65. The maximum absolute atomic E-state index is 12.3. The molecule has 1 fully saturated rings. The molecule has 1 aromatic carbocycles. The lowest BCUT2D eigenvalue weighted by Crippen LogP contribution is -2.38. The zero-order chi connectivity index (χ0) is 17.4. The van der Waals surface area contributed by atoms with Gasteiger partial charge < -0.3 is 9.64 Å². The normalized spacial score (nSPS) is 19.9. The summed E-state index contributed by atoms with van der Waals surface area (Å²) in [5, 5.41) is 4.62. The van der Waals surface area contributed by atoms with E-state index >= 15 is 0 Å². The molecule has 130 valence electrons. The van der Waals surface area contributed by atoms with Crippen molar-refractivity contribution >= 4 is 17.5 Å². The summed E-state index contributed by atoms with van der Waals surface area (Å²) < 4.78 is 6.59. The first-order valence-electron chi connectivity index (χ1n) is 8.74. The number of anilines is 2. The summed E-state index contributed by atoms with van der Waals surface area (Å²) >= 11 is 0. The number of hydrogen-bond donors (Lipinski definition) is 0. The number of hydrogen-bond acceptors (Lipinski definition) is 5. The number of methoxy groups -OCH3 is 1. The Bertz CT molecular complexity index is 855. The SMILES string of the molecule is COC(=O)[C@@H]1Cc2ccccc2N1c1ccc(=O)n(C2CCCC2)n1. The van der Waals surface area contributed by atoms with Crippen molar-refractivity contribution in [1.82, 2.24) is 9.78 Å². The maximum Gasteiger partial charge on any atom is 0.329 e. The maximum atomic E-state index is 12.3. The molecule has 0 amide bonds. The number of esters is 1. The Hall–Kier alpha value is -2.63. The molecule has 2 aliphatic rings. The quantitative estimate of drug-likeness (QED) is 0.804. The van der Waals surface area contributed by atoms with Crippen molar-refractivity contribution < 1.29 is 9.53 Å². The number of rotatable bonds is 3. The Morgan fingerprint density at radius 3 is 2.68 bits per heavy atom. The summed E-state index contributed by atoms with van der Waals surface area (Å²) in [6.45, 7) is 0. The molecule has 6 heteroatoms. The van der Waals surface area contributed by atoms with Crippen molar-refractivity contribution in [2.24, 2.45) is 0 Å². The van der Waals surface area contributed by atoms with E-state index in [1.807, 2.05) is 29.2 Å². The molecule has 0 bridgehead atoms. The van der Waals surface area contributed by atoms with Crippen LogP contribution in [-0.4, -0.2) is 28.9 Å². The molecule has 0 saturated heterocycles. The Kier molecular flexibility index (Phi) is 4.03. The molecule has 0 spiro atoms. The van der Waals surface area contributed by atoms with E-state index < -0.39 is 6.04 Å². The van der Waals surface area contributed by atoms with Crippen LogP contribution < -0.4 is 10.5 Å². The molecule has 0 unspecified atom stereocenters. The molecule has 1 saturated carbocycles. The third-order valence-corrected chi connectivity index (χ3v) is 5.18. The van der Waals surface area contributed by atoms with Gasteiger partial charge in [0.15, 0.2) is 5.82 Å². The smallest absolute Gasteiger partial charge is 0.329 e. The van der Waals surface area contributed by atoms with Crippen molar-refractivity contribution in [1.29, 1.82) is 0 Å². The van der Waals surface area contributed by atoms with Gasteiger partial charge in [-0.05, 0) is 30.5 Å². The summed E-state index contributed by atoms with van der Waals surface area (Å²) in [5.74, 6) is 0.323. The first-order chi connectivity index (χ1) is 12.2. The Labute approximate surface area is 146 Å². The average Bonchev–Trinajstić information content (AvgIpc) is 3.29. The van der Waals surface area contributed by atoms with Crippen molar-refractivity contribution in [2.75, 3.05) is 12.0 Å². The number of ether oxygens (including phenoxy) is 1. The van der Waals surface area contributed by atoms with E-state index in [9.17, 15) is 9.59 Å². The zero-order valence-corrected chi connectivity index (χ0v) is 14.2. The zero-order valence-electron chi connectivity index (χ0n) is 14.2. The van der Waals surface area contributed by atoms with Crippen LogP contribution in [0.25, 0.3) is 0 Å². The predicted octanol–water partition coefficient (Wildman–Crippen LogP) is 2.59. The third-order valence-electron chi connectivity index (χ3n) is 5.18. The molecule has 0 N–H and O–H groups in total. The molecule has 2 heterocycles. The fourth-order valence-electron chi connectivity index (χ4n) is 3.95. The van der Waals surface area contributed by atoms with Gasteiger partial charge in [0.05, 0.1) is 13.2 Å². The second-order valence-corrected chi connectivity index (χ2v) is 6.65. The van der Waals surface area contributed by atoms with Gasteiger partial charge in [0.25, 0.3) is 5.56 Å². The van der Waals surface area contributed by atoms with Crippen LogP contribution in [0.1, 0.15) is 37.3 Å². The number of carbonyl (C=O) groups is 1. The van der Waals surface area contributed by atoms with Gasteiger partial charge in [-0.25, -0.2) is 9.48 Å². The van der Waals surface area contributed by atoms with Gasteiger partial charge in [0, 0.05) is 18.2 Å². The highest BCUT2D eigenvalue weighted by atomic mass is 16.5. The molecule has 0 radical (unpaired) electrons. The predicted molar refractivity (Wildman–Crippen MR) is 94.1 cm³/mol. The monoisotopic (exact) mass is 339 g/mol. The van der Waals surface area contributed by atoms with Gasteiger partial charge in [0.1, 0.15) is 6.04 Å². The van der Waals surface area contributed by atoms with E-state index in [0.717, 1.165) is 36.9 Å². The fourth-order valence-corrected chi connectivity index (χ4v) is 3.95. The van der Waals surface area contributed by atoms with Crippen LogP contribution in [0.4, 0.5) is 11.5 Å². The lowest BCUT2D eigenvalue weighted by Gasteiger charge is -2.25. The second kappa shape index (κ2) is 6.35. The molecule has 1 aliphatic carbocycles. The summed E-state index contributed by atoms with van der Waals surface area (Å²) in [4.78, 5) is 26.5. The highest BCUT2D eigenvalue weighted by molar-refractivity contribution is 5.87. The van der Waals surface area contributed by atoms with E-state index in [1.54, 1.807) is 16.8 Å². The van der Waals surface area contributed by atoms with Gasteiger partial charge in [0.2, 0.25) is 0 Å². The van der Waals surface area contributed by atoms with Crippen LogP contribution in [0.3, 0.4) is 0 Å². The number of nitrogens with zero attached hydrogens (tertiary/aromatic N) is 3. The van der Waals surface area contributed by atoms with Crippen molar-refractivity contribution in [3.05, 3.63) is 52.3 Å².